The summed E-state index contributed by atoms with van der Waals surface area (Å²) in [6.07, 6.45) is -0.670. The van der Waals surface area contributed by atoms with E-state index < -0.39 is 12.1 Å². The van der Waals surface area contributed by atoms with Crippen LogP contribution < -0.4 is 5.56 Å². The molecule has 0 fully saturated rings. The molecule has 0 bridgehead atoms. The number of aryl methyl sites for hydroxylation is 2. The Kier molecular flexibility index (Phi) is 4.87. The lowest BCUT2D eigenvalue weighted by Crippen LogP contribution is -2.17. The topological polar surface area (TPSA) is 72.0 Å². The summed E-state index contributed by atoms with van der Waals surface area (Å²) in [5.41, 5.74) is 3.01. The van der Waals surface area contributed by atoms with Gasteiger partial charge in [0.2, 0.25) is 0 Å². The van der Waals surface area contributed by atoms with E-state index in [0.717, 1.165) is 21.6 Å². The first-order valence-corrected chi connectivity index (χ1v) is 10.5. The maximum atomic E-state index is 12.7. The molecule has 1 aromatic carbocycles. The van der Waals surface area contributed by atoms with Crippen LogP contribution in [0.5, 0.6) is 0 Å². The van der Waals surface area contributed by atoms with Gasteiger partial charge >= 0.3 is 5.97 Å². The first-order valence-electron chi connectivity index (χ1n) is 8.77. The second kappa shape index (κ2) is 7.33. The number of aromatic amines is 1. The van der Waals surface area contributed by atoms with Crippen LogP contribution in [-0.2, 0) is 4.74 Å². The molecule has 0 amide bonds. The molecule has 3 heterocycles. The van der Waals surface area contributed by atoms with Crippen LogP contribution in [0.3, 0.4) is 0 Å². The molecular formula is C21H18N2O3S2. The maximum absolute atomic E-state index is 12.7. The number of carbonyl (C=O) groups excluding carboxylic acids is 1. The molecule has 0 aliphatic rings. The highest BCUT2D eigenvalue weighted by atomic mass is 32.1. The van der Waals surface area contributed by atoms with Gasteiger partial charge in [0.15, 0.2) is 11.9 Å². The van der Waals surface area contributed by atoms with E-state index in [1.165, 1.54) is 11.3 Å². The van der Waals surface area contributed by atoms with Gasteiger partial charge in [-0.2, -0.15) is 0 Å². The third kappa shape index (κ3) is 3.39. The number of thiophene rings is 2. The van der Waals surface area contributed by atoms with Crippen LogP contribution in [0.2, 0.25) is 0 Å². The molecule has 0 aliphatic heterocycles. The van der Waals surface area contributed by atoms with Gasteiger partial charge in [-0.25, -0.2) is 9.78 Å². The van der Waals surface area contributed by atoms with Crippen molar-refractivity contribution in [1.29, 1.82) is 0 Å². The SMILES string of the molecule is Cc1ccc(C)c(C(=O)O[C@H](C)c2nc3scc(-c4cccs4)c3c(=O)[nH]2)c1. The quantitative estimate of drug-likeness (QED) is 0.467. The van der Waals surface area contributed by atoms with Crippen molar-refractivity contribution in [1.82, 2.24) is 9.97 Å². The number of fused-ring (bicyclic) bond motifs is 1. The number of aromatic nitrogens is 2. The number of benzene rings is 1. The predicted molar refractivity (Wildman–Crippen MR) is 113 cm³/mol. The number of hydrogen-bond donors (Lipinski definition) is 1. The average Bonchev–Trinajstić information content (AvgIpc) is 3.32. The number of hydrogen-bond acceptors (Lipinski definition) is 6. The normalized spacial score (nSPS) is 12.2. The van der Waals surface area contributed by atoms with Gasteiger partial charge in [0.1, 0.15) is 4.83 Å². The molecule has 5 nitrogen and oxygen atoms in total. The molecule has 7 heteroatoms. The minimum absolute atomic E-state index is 0.223. The Hall–Kier alpha value is -2.77. The lowest BCUT2D eigenvalue weighted by atomic mass is 10.1. The molecule has 1 atom stereocenters. The Labute approximate surface area is 169 Å². The fourth-order valence-electron chi connectivity index (χ4n) is 3.01. The number of esters is 1. The van der Waals surface area contributed by atoms with E-state index in [2.05, 4.69) is 9.97 Å². The van der Waals surface area contributed by atoms with Gasteiger partial charge in [-0.3, -0.25) is 4.79 Å². The average molecular weight is 411 g/mol. The highest BCUT2D eigenvalue weighted by Crippen LogP contribution is 2.34. The van der Waals surface area contributed by atoms with Crippen molar-refractivity contribution in [3.05, 3.63) is 74.0 Å². The highest BCUT2D eigenvalue weighted by molar-refractivity contribution is 7.18. The highest BCUT2D eigenvalue weighted by Gasteiger charge is 2.20. The molecule has 1 N–H and O–H groups in total. The van der Waals surface area contributed by atoms with E-state index in [4.69, 9.17) is 4.74 Å². The summed E-state index contributed by atoms with van der Waals surface area (Å²) >= 11 is 2.99. The van der Waals surface area contributed by atoms with Crippen molar-refractivity contribution >= 4 is 38.9 Å². The van der Waals surface area contributed by atoms with E-state index in [1.54, 1.807) is 24.3 Å². The standard InChI is InChI=1S/C21H18N2O3S2/c1-11-6-7-12(2)14(9-11)21(25)26-13(3)18-22-19(24)17-15(10-28-20(17)23-18)16-5-4-8-27-16/h4-10,13H,1-3H3,(H,22,23,24)/t13-/m1/s1. The Balaban J connectivity index is 1.65. The largest absolute Gasteiger partial charge is 0.451 e. The van der Waals surface area contributed by atoms with E-state index >= 15 is 0 Å². The van der Waals surface area contributed by atoms with Crippen LogP contribution in [0.15, 0.2) is 45.9 Å². The van der Waals surface area contributed by atoms with Crippen LogP contribution in [0.25, 0.3) is 20.7 Å². The fourth-order valence-corrected chi connectivity index (χ4v) is 4.78. The number of nitrogens with zero attached hydrogens (tertiary/aromatic N) is 1. The van der Waals surface area contributed by atoms with Crippen molar-refractivity contribution in [2.24, 2.45) is 0 Å². The van der Waals surface area contributed by atoms with Crippen molar-refractivity contribution < 1.29 is 9.53 Å². The van der Waals surface area contributed by atoms with E-state index in [9.17, 15) is 9.59 Å². The summed E-state index contributed by atoms with van der Waals surface area (Å²) in [5.74, 6) is -0.0855. The monoisotopic (exact) mass is 410 g/mol. The van der Waals surface area contributed by atoms with E-state index in [-0.39, 0.29) is 5.56 Å². The molecule has 0 saturated heterocycles. The lowest BCUT2D eigenvalue weighted by molar-refractivity contribution is 0.0319. The first-order chi connectivity index (χ1) is 13.4. The molecule has 4 rings (SSSR count). The zero-order valence-electron chi connectivity index (χ0n) is 15.6. The molecule has 0 unspecified atom stereocenters. The summed E-state index contributed by atoms with van der Waals surface area (Å²) < 4.78 is 5.58. The molecule has 0 radical (unpaired) electrons. The van der Waals surface area contributed by atoms with Gasteiger partial charge in [-0.1, -0.05) is 23.8 Å². The smallest absolute Gasteiger partial charge is 0.339 e. The zero-order chi connectivity index (χ0) is 19.8. The van der Waals surface area contributed by atoms with Crippen LogP contribution in [0.1, 0.15) is 40.3 Å². The minimum atomic E-state index is -0.670. The Morgan fingerprint density at radius 3 is 2.79 bits per heavy atom. The predicted octanol–water partition coefficient (Wildman–Crippen LogP) is 5.25. The number of nitrogens with one attached hydrogen (secondary N) is 1. The summed E-state index contributed by atoms with van der Waals surface area (Å²) in [6.45, 7) is 5.50. The van der Waals surface area contributed by atoms with E-state index in [0.29, 0.717) is 21.6 Å². The van der Waals surface area contributed by atoms with Crippen molar-refractivity contribution in [3.8, 4) is 10.4 Å². The number of carbonyl (C=O) groups is 1. The molecule has 28 heavy (non-hydrogen) atoms. The maximum Gasteiger partial charge on any atom is 0.339 e. The lowest BCUT2D eigenvalue weighted by Gasteiger charge is -2.14. The van der Waals surface area contributed by atoms with Gasteiger partial charge in [0, 0.05) is 15.8 Å². The van der Waals surface area contributed by atoms with Crippen LogP contribution in [-0.4, -0.2) is 15.9 Å². The molecule has 0 spiro atoms. The summed E-state index contributed by atoms with van der Waals surface area (Å²) in [4.78, 5) is 34.3. The number of ether oxygens (including phenoxy) is 1. The third-order valence-electron chi connectivity index (χ3n) is 4.53. The molecule has 0 aliphatic carbocycles. The number of rotatable bonds is 4. The molecule has 0 saturated carbocycles. The van der Waals surface area contributed by atoms with Crippen molar-refractivity contribution in [2.45, 2.75) is 26.9 Å². The van der Waals surface area contributed by atoms with Crippen LogP contribution in [0, 0.1) is 13.8 Å². The van der Waals surface area contributed by atoms with Gasteiger partial charge in [-0.05, 0) is 43.8 Å². The van der Waals surface area contributed by atoms with Crippen molar-refractivity contribution in [3.63, 3.8) is 0 Å². The molecule has 4 aromatic rings. The van der Waals surface area contributed by atoms with E-state index in [1.807, 2.05) is 48.9 Å². The van der Waals surface area contributed by atoms with Crippen LogP contribution >= 0.6 is 22.7 Å². The molecular weight excluding hydrogens is 392 g/mol. The Morgan fingerprint density at radius 1 is 1.21 bits per heavy atom. The fraction of sp³-hybridized carbons (Fsp3) is 0.190. The van der Waals surface area contributed by atoms with Gasteiger partial charge in [-0.15, -0.1) is 22.7 Å². The minimum Gasteiger partial charge on any atom is -0.451 e. The molecule has 142 valence electrons. The van der Waals surface area contributed by atoms with Crippen LogP contribution in [0.4, 0.5) is 0 Å². The molecule has 3 aromatic heterocycles. The number of H-pyrrole nitrogens is 1. The summed E-state index contributed by atoms with van der Waals surface area (Å²) in [6, 6.07) is 9.57. The second-order valence-corrected chi connectivity index (χ2v) is 8.43. The van der Waals surface area contributed by atoms with Gasteiger partial charge < -0.3 is 9.72 Å². The third-order valence-corrected chi connectivity index (χ3v) is 6.31. The summed E-state index contributed by atoms with van der Waals surface area (Å²) in [5, 5.41) is 4.49. The summed E-state index contributed by atoms with van der Waals surface area (Å²) in [7, 11) is 0. The Bertz CT molecular complexity index is 1220. The van der Waals surface area contributed by atoms with Gasteiger partial charge in [0.05, 0.1) is 10.9 Å². The van der Waals surface area contributed by atoms with Crippen molar-refractivity contribution in [2.75, 3.05) is 0 Å². The zero-order valence-corrected chi connectivity index (χ0v) is 17.2. The van der Waals surface area contributed by atoms with Gasteiger partial charge in [0.25, 0.3) is 5.56 Å². The first kappa shape index (κ1) is 18.6. The second-order valence-electron chi connectivity index (χ2n) is 6.62. The Morgan fingerprint density at radius 2 is 2.04 bits per heavy atom.